The Hall–Kier alpha value is -1.02. The maximum Gasteiger partial charge on any atom is 0.0632 e. The van der Waals surface area contributed by atoms with Crippen LogP contribution in [0.25, 0.3) is 0 Å². The van der Waals surface area contributed by atoms with Gasteiger partial charge in [0, 0.05) is 18.2 Å². The molecule has 1 heterocycles. The van der Waals surface area contributed by atoms with Crippen LogP contribution in [0.4, 0.5) is 5.69 Å². The fraction of sp³-hybridized carbons (Fsp3) is 0.538. The lowest BCUT2D eigenvalue weighted by Crippen LogP contribution is -2.22. The number of aliphatic hydroxyl groups is 1. The van der Waals surface area contributed by atoms with Gasteiger partial charge in [-0.15, -0.1) is 0 Å². The number of benzene rings is 1. The fourth-order valence-corrected chi connectivity index (χ4v) is 2.25. The van der Waals surface area contributed by atoms with Gasteiger partial charge in [-0.3, -0.25) is 0 Å². The lowest BCUT2D eigenvalue weighted by molar-refractivity contribution is 0.0811. The van der Waals surface area contributed by atoms with Gasteiger partial charge in [-0.1, -0.05) is 18.2 Å². The van der Waals surface area contributed by atoms with E-state index in [9.17, 15) is 5.11 Å². The standard InChI is InChI=1S/C13H19NO/c1-9-7-10-5-4-6-11(12(10)14-9)8-13(2,3)15/h4-6,9,14-15H,7-8H2,1-3H3. The van der Waals surface area contributed by atoms with Crippen molar-refractivity contribution in [1.29, 1.82) is 0 Å². The molecular formula is C13H19NO. The molecule has 0 saturated heterocycles. The van der Waals surface area contributed by atoms with Crippen molar-refractivity contribution in [2.75, 3.05) is 5.32 Å². The van der Waals surface area contributed by atoms with Gasteiger partial charge >= 0.3 is 0 Å². The first kappa shape index (κ1) is 10.5. The maximum absolute atomic E-state index is 9.84. The van der Waals surface area contributed by atoms with Crippen molar-refractivity contribution in [2.24, 2.45) is 0 Å². The highest BCUT2D eigenvalue weighted by molar-refractivity contribution is 5.62. The van der Waals surface area contributed by atoms with Gasteiger partial charge in [0.05, 0.1) is 5.60 Å². The number of fused-ring (bicyclic) bond motifs is 1. The Labute approximate surface area is 91.3 Å². The predicted octanol–water partition coefficient (Wildman–Crippen LogP) is 2.36. The lowest BCUT2D eigenvalue weighted by atomic mass is 9.96. The summed E-state index contributed by atoms with van der Waals surface area (Å²) in [4.78, 5) is 0. The summed E-state index contributed by atoms with van der Waals surface area (Å²) in [5.74, 6) is 0. The number of hydrogen-bond donors (Lipinski definition) is 2. The van der Waals surface area contributed by atoms with Crippen LogP contribution in [0, 0.1) is 0 Å². The van der Waals surface area contributed by atoms with Gasteiger partial charge in [0.2, 0.25) is 0 Å². The molecule has 0 amide bonds. The molecule has 1 aromatic carbocycles. The van der Waals surface area contributed by atoms with Crippen LogP contribution in [0.1, 0.15) is 31.9 Å². The summed E-state index contributed by atoms with van der Waals surface area (Å²) in [6.45, 7) is 5.89. The Morgan fingerprint density at radius 2 is 2.20 bits per heavy atom. The second-order valence-corrected chi connectivity index (χ2v) is 5.19. The summed E-state index contributed by atoms with van der Waals surface area (Å²) < 4.78 is 0. The molecule has 1 unspecified atom stereocenters. The van der Waals surface area contributed by atoms with Crippen molar-refractivity contribution in [2.45, 2.75) is 45.3 Å². The maximum atomic E-state index is 9.84. The zero-order valence-electron chi connectivity index (χ0n) is 9.67. The third-order valence-corrected chi connectivity index (χ3v) is 2.78. The topological polar surface area (TPSA) is 32.3 Å². The Balaban J connectivity index is 2.31. The highest BCUT2D eigenvalue weighted by Gasteiger charge is 2.22. The van der Waals surface area contributed by atoms with Crippen LogP contribution >= 0.6 is 0 Å². The van der Waals surface area contributed by atoms with Crippen LogP contribution in [0.2, 0.25) is 0 Å². The molecule has 1 aromatic rings. The molecule has 2 N–H and O–H groups in total. The van der Waals surface area contributed by atoms with Crippen molar-refractivity contribution in [1.82, 2.24) is 0 Å². The van der Waals surface area contributed by atoms with Crippen molar-refractivity contribution in [3.63, 3.8) is 0 Å². The minimum absolute atomic E-state index is 0.517. The molecule has 1 atom stereocenters. The second kappa shape index (κ2) is 3.53. The van der Waals surface area contributed by atoms with E-state index in [2.05, 4.69) is 30.4 Å². The lowest BCUT2D eigenvalue weighted by Gasteiger charge is -2.19. The molecule has 0 bridgehead atoms. The molecular weight excluding hydrogens is 186 g/mol. The number of para-hydroxylation sites is 1. The number of hydrogen-bond acceptors (Lipinski definition) is 2. The van der Waals surface area contributed by atoms with E-state index in [0.717, 1.165) is 6.42 Å². The number of anilines is 1. The van der Waals surface area contributed by atoms with Crippen molar-refractivity contribution >= 4 is 5.69 Å². The molecule has 2 heteroatoms. The van der Waals surface area contributed by atoms with Gasteiger partial charge in [-0.25, -0.2) is 0 Å². The van der Waals surface area contributed by atoms with E-state index in [1.807, 2.05) is 13.8 Å². The summed E-state index contributed by atoms with van der Waals surface area (Å²) in [7, 11) is 0. The van der Waals surface area contributed by atoms with E-state index in [4.69, 9.17) is 0 Å². The van der Waals surface area contributed by atoms with Gasteiger partial charge in [-0.2, -0.15) is 0 Å². The summed E-state index contributed by atoms with van der Waals surface area (Å²) in [6.07, 6.45) is 1.80. The zero-order chi connectivity index (χ0) is 11.1. The van der Waals surface area contributed by atoms with Crippen LogP contribution in [-0.4, -0.2) is 16.7 Å². The van der Waals surface area contributed by atoms with E-state index in [1.165, 1.54) is 16.8 Å². The Kier molecular flexibility index (Phi) is 2.47. The van der Waals surface area contributed by atoms with Gasteiger partial charge in [-0.05, 0) is 38.3 Å². The summed E-state index contributed by atoms with van der Waals surface area (Å²) >= 11 is 0. The SMILES string of the molecule is CC1Cc2cccc(CC(C)(C)O)c2N1. The van der Waals surface area contributed by atoms with E-state index in [0.29, 0.717) is 12.5 Å². The van der Waals surface area contributed by atoms with Gasteiger partial charge in [0.15, 0.2) is 0 Å². The second-order valence-electron chi connectivity index (χ2n) is 5.19. The Bertz CT molecular complexity index is 365. The number of nitrogens with one attached hydrogen (secondary N) is 1. The van der Waals surface area contributed by atoms with Crippen LogP contribution in [-0.2, 0) is 12.8 Å². The summed E-state index contributed by atoms with van der Waals surface area (Å²) in [6, 6.07) is 6.87. The molecule has 82 valence electrons. The van der Waals surface area contributed by atoms with Crippen LogP contribution in [0.3, 0.4) is 0 Å². The van der Waals surface area contributed by atoms with E-state index in [1.54, 1.807) is 0 Å². The van der Waals surface area contributed by atoms with E-state index in [-0.39, 0.29) is 0 Å². The molecule has 0 fully saturated rings. The van der Waals surface area contributed by atoms with Crippen LogP contribution < -0.4 is 5.32 Å². The van der Waals surface area contributed by atoms with E-state index < -0.39 is 5.60 Å². The molecule has 2 nitrogen and oxygen atoms in total. The smallest absolute Gasteiger partial charge is 0.0632 e. The first-order chi connectivity index (χ1) is 6.96. The predicted molar refractivity (Wildman–Crippen MR) is 63.2 cm³/mol. The first-order valence-electron chi connectivity index (χ1n) is 5.55. The molecule has 0 radical (unpaired) electrons. The fourth-order valence-electron chi connectivity index (χ4n) is 2.25. The summed E-state index contributed by atoms with van der Waals surface area (Å²) in [5, 5.41) is 13.3. The molecule has 0 aliphatic carbocycles. The normalized spacial score (nSPS) is 19.9. The van der Waals surface area contributed by atoms with Crippen LogP contribution in [0.5, 0.6) is 0 Å². The molecule has 15 heavy (non-hydrogen) atoms. The third kappa shape index (κ3) is 2.32. The average molecular weight is 205 g/mol. The minimum Gasteiger partial charge on any atom is -0.390 e. The van der Waals surface area contributed by atoms with Crippen molar-refractivity contribution in [3.8, 4) is 0 Å². The highest BCUT2D eigenvalue weighted by Crippen LogP contribution is 2.31. The average Bonchev–Trinajstić information content (AvgIpc) is 2.43. The van der Waals surface area contributed by atoms with Crippen molar-refractivity contribution in [3.05, 3.63) is 29.3 Å². The minimum atomic E-state index is -0.636. The van der Waals surface area contributed by atoms with Gasteiger partial charge in [0.1, 0.15) is 0 Å². The molecule has 0 aromatic heterocycles. The van der Waals surface area contributed by atoms with Crippen molar-refractivity contribution < 1.29 is 5.11 Å². The largest absolute Gasteiger partial charge is 0.390 e. The van der Waals surface area contributed by atoms with E-state index >= 15 is 0 Å². The van der Waals surface area contributed by atoms with Crippen LogP contribution in [0.15, 0.2) is 18.2 Å². The third-order valence-electron chi connectivity index (χ3n) is 2.78. The Morgan fingerprint density at radius 3 is 2.87 bits per heavy atom. The molecule has 1 aliphatic rings. The molecule has 0 spiro atoms. The zero-order valence-corrected chi connectivity index (χ0v) is 9.67. The molecule has 2 rings (SSSR count). The van der Waals surface area contributed by atoms with Gasteiger partial charge in [0.25, 0.3) is 0 Å². The molecule has 0 saturated carbocycles. The summed E-state index contributed by atoms with van der Waals surface area (Å²) in [5.41, 5.74) is 3.21. The monoisotopic (exact) mass is 205 g/mol. The molecule has 1 aliphatic heterocycles. The Morgan fingerprint density at radius 1 is 1.47 bits per heavy atom. The van der Waals surface area contributed by atoms with Gasteiger partial charge < -0.3 is 10.4 Å². The quantitative estimate of drug-likeness (QED) is 0.777. The highest BCUT2D eigenvalue weighted by atomic mass is 16.3. The number of rotatable bonds is 2. The first-order valence-corrected chi connectivity index (χ1v) is 5.55.